The average Bonchev–Trinajstić information content (AvgIpc) is 2.55. The van der Waals surface area contributed by atoms with Gasteiger partial charge in [-0.15, -0.1) is 0 Å². The Hall–Kier alpha value is -3.06. The van der Waals surface area contributed by atoms with E-state index in [4.69, 9.17) is 11.6 Å². The van der Waals surface area contributed by atoms with Gasteiger partial charge in [0.05, 0.1) is 22.2 Å². The van der Waals surface area contributed by atoms with E-state index in [1.807, 2.05) is 30.3 Å². The summed E-state index contributed by atoms with van der Waals surface area (Å²) < 4.78 is 0. The van der Waals surface area contributed by atoms with Gasteiger partial charge < -0.3 is 0 Å². The summed E-state index contributed by atoms with van der Waals surface area (Å²) in [5, 5.41) is 14.9. The van der Waals surface area contributed by atoms with Gasteiger partial charge in [0.25, 0.3) is 5.69 Å². The average molecular weight is 328 g/mol. The topological polar surface area (TPSA) is 93.3 Å². The summed E-state index contributed by atoms with van der Waals surface area (Å²) in [4.78, 5) is 18.6. The molecule has 114 valence electrons. The predicted octanol–water partition coefficient (Wildman–Crippen LogP) is 3.64. The number of rotatable bonds is 4. The first-order valence-electron chi connectivity index (χ1n) is 6.59. The molecule has 0 bridgehead atoms. The number of nitrogens with one attached hydrogen (secondary N) is 1. The van der Waals surface area contributed by atoms with Crippen molar-refractivity contribution >= 4 is 40.4 Å². The summed E-state index contributed by atoms with van der Waals surface area (Å²) in [6.45, 7) is 0. The molecule has 3 rings (SSSR count). The van der Waals surface area contributed by atoms with Crippen LogP contribution in [-0.2, 0) is 0 Å². The highest BCUT2D eigenvalue weighted by molar-refractivity contribution is 6.32. The molecule has 23 heavy (non-hydrogen) atoms. The van der Waals surface area contributed by atoms with Crippen molar-refractivity contribution in [3.8, 4) is 0 Å². The van der Waals surface area contributed by atoms with Crippen LogP contribution in [0.3, 0.4) is 0 Å². The van der Waals surface area contributed by atoms with E-state index in [2.05, 4.69) is 20.5 Å². The first kappa shape index (κ1) is 14.9. The van der Waals surface area contributed by atoms with Gasteiger partial charge in [-0.25, -0.2) is 9.97 Å². The van der Waals surface area contributed by atoms with Gasteiger partial charge in [0.1, 0.15) is 0 Å². The van der Waals surface area contributed by atoms with E-state index >= 15 is 0 Å². The summed E-state index contributed by atoms with van der Waals surface area (Å²) >= 11 is 6.04. The quantitative estimate of drug-likeness (QED) is 0.448. The zero-order valence-corrected chi connectivity index (χ0v) is 12.4. The number of hydrazone groups is 1. The lowest BCUT2D eigenvalue weighted by atomic mass is 10.2. The SMILES string of the molecule is O=[N+]([O-])c1ccc2nc(N/N=C\c3ccccc3)c(Cl)nc2c1. The van der Waals surface area contributed by atoms with Gasteiger partial charge in [-0.05, 0) is 11.6 Å². The molecular weight excluding hydrogens is 318 g/mol. The summed E-state index contributed by atoms with van der Waals surface area (Å²) in [5.41, 5.74) is 4.41. The third-order valence-electron chi connectivity index (χ3n) is 3.00. The van der Waals surface area contributed by atoms with Crippen molar-refractivity contribution in [3.63, 3.8) is 0 Å². The van der Waals surface area contributed by atoms with Gasteiger partial charge in [0.2, 0.25) is 0 Å². The standard InChI is InChI=1S/C15H10ClN5O2/c16-14-15(20-17-9-10-4-2-1-3-5-10)19-12-7-6-11(21(22)23)8-13(12)18-14/h1-9H,(H,19,20)/b17-9-. The Balaban J connectivity index is 1.87. The number of hydrogen-bond donors (Lipinski definition) is 1. The Morgan fingerprint density at radius 3 is 2.65 bits per heavy atom. The molecule has 0 amide bonds. The molecule has 1 heterocycles. The zero-order valence-electron chi connectivity index (χ0n) is 11.7. The normalized spacial score (nSPS) is 11.0. The largest absolute Gasteiger partial charge is 0.271 e. The summed E-state index contributed by atoms with van der Waals surface area (Å²) in [5.74, 6) is 0.278. The summed E-state index contributed by atoms with van der Waals surface area (Å²) in [7, 11) is 0. The van der Waals surface area contributed by atoms with E-state index in [-0.39, 0.29) is 16.7 Å². The maximum atomic E-state index is 10.8. The van der Waals surface area contributed by atoms with E-state index in [9.17, 15) is 10.1 Å². The Morgan fingerprint density at radius 1 is 1.13 bits per heavy atom. The summed E-state index contributed by atoms with van der Waals surface area (Å²) in [6, 6.07) is 13.7. The minimum atomic E-state index is -0.495. The van der Waals surface area contributed by atoms with Gasteiger partial charge in [-0.3, -0.25) is 15.5 Å². The van der Waals surface area contributed by atoms with Crippen LogP contribution in [-0.4, -0.2) is 21.1 Å². The fourth-order valence-electron chi connectivity index (χ4n) is 1.91. The van der Waals surface area contributed by atoms with E-state index < -0.39 is 4.92 Å². The number of halogens is 1. The molecule has 0 aliphatic carbocycles. The third-order valence-corrected chi connectivity index (χ3v) is 3.26. The number of non-ortho nitro benzene ring substituents is 1. The van der Waals surface area contributed by atoms with Crippen molar-refractivity contribution in [1.29, 1.82) is 0 Å². The van der Waals surface area contributed by atoms with Gasteiger partial charge in [0, 0.05) is 12.1 Å². The highest BCUT2D eigenvalue weighted by Gasteiger charge is 2.11. The van der Waals surface area contributed by atoms with Gasteiger partial charge in [-0.1, -0.05) is 41.9 Å². The van der Waals surface area contributed by atoms with Gasteiger partial charge >= 0.3 is 0 Å². The van der Waals surface area contributed by atoms with Crippen LogP contribution in [0.15, 0.2) is 53.6 Å². The molecule has 0 spiro atoms. The molecule has 1 aromatic heterocycles. The first-order chi connectivity index (χ1) is 11.1. The number of aromatic nitrogens is 2. The molecule has 3 aromatic rings. The Labute approximate surface area is 135 Å². The van der Waals surface area contributed by atoms with E-state index in [0.29, 0.717) is 11.0 Å². The second-order valence-corrected chi connectivity index (χ2v) is 4.93. The van der Waals surface area contributed by atoms with E-state index in [1.165, 1.54) is 18.2 Å². The molecule has 0 aliphatic heterocycles. The molecular formula is C15H10ClN5O2. The maximum Gasteiger partial charge on any atom is 0.271 e. The fraction of sp³-hybridized carbons (Fsp3) is 0. The van der Waals surface area contributed by atoms with Crippen LogP contribution in [0.25, 0.3) is 11.0 Å². The van der Waals surface area contributed by atoms with Crippen LogP contribution >= 0.6 is 11.6 Å². The van der Waals surface area contributed by atoms with Crippen molar-refractivity contribution in [2.24, 2.45) is 5.10 Å². The number of fused-ring (bicyclic) bond motifs is 1. The molecule has 2 aromatic carbocycles. The molecule has 0 fully saturated rings. The van der Waals surface area contributed by atoms with Crippen LogP contribution in [0.4, 0.5) is 11.5 Å². The number of benzene rings is 2. The van der Waals surface area contributed by atoms with E-state index in [1.54, 1.807) is 6.21 Å². The third kappa shape index (κ3) is 3.41. The lowest BCUT2D eigenvalue weighted by Gasteiger charge is -2.04. The molecule has 8 heteroatoms. The predicted molar refractivity (Wildman–Crippen MR) is 88.9 cm³/mol. The smallest absolute Gasteiger partial charge is 0.259 e. The van der Waals surface area contributed by atoms with Crippen molar-refractivity contribution < 1.29 is 4.92 Å². The molecule has 0 atom stereocenters. The number of nitro groups is 1. The molecule has 7 nitrogen and oxygen atoms in total. The van der Waals surface area contributed by atoms with Crippen molar-refractivity contribution in [1.82, 2.24) is 9.97 Å². The molecule has 0 saturated carbocycles. The van der Waals surface area contributed by atoms with Crippen molar-refractivity contribution in [2.45, 2.75) is 0 Å². The molecule has 0 saturated heterocycles. The highest BCUT2D eigenvalue weighted by Crippen LogP contribution is 2.24. The van der Waals surface area contributed by atoms with Crippen LogP contribution in [0, 0.1) is 10.1 Å². The number of hydrogen-bond acceptors (Lipinski definition) is 6. The van der Waals surface area contributed by atoms with Crippen LogP contribution < -0.4 is 5.43 Å². The van der Waals surface area contributed by atoms with Crippen LogP contribution in [0.2, 0.25) is 5.15 Å². The Morgan fingerprint density at radius 2 is 1.91 bits per heavy atom. The van der Waals surface area contributed by atoms with Crippen molar-refractivity contribution in [2.75, 3.05) is 5.43 Å². The monoisotopic (exact) mass is 327 g/mol. The number of anilines is 1. The minimum Gasteiger partial charge on any atom is -0.259 e. The molecule has 0 radical (unpaired) electrons. The first-order valence-corrected chi connectivity index (χ1v) is 6.97. The molecule has 0 unspecified atom stereocenters. The van der Waals surface area contributed by atoms with E-state index in [0.717, 1.165) is 5.56 Å². The second-order valence-electron chi connectivity index (χ2n) is 4.57. The number of nitro benzene ring substituents is 1. The molecule has 0 aliphatic rings. The zero-order chi connectivity index (χ0) is 16.2. The minimum absolute atomic E-state index is 0.0642. The van der Waals surface area contributed by atoms with Crippen LogP contribution in [0.1, 0.15) is 5.56 Å². The van der Waals surface area contributed by atoms with Gasteiger partial charge in [-0.2, -0.15) is 5.10 Å². The second kappa shape index (κ2) is 6.37. The number of nitrogens with zero attached hydrogens (tertiary/aromatic N) is 4. The maximum absolute atomic E-state index is 10.8. The Bertz CT molecular complexity index is 899. The fourth-order valence-corrected chi connectivity index (χ4v) is 2.09. The lowest BCUT2D eigenvalue weighted by molar-refractivity contribution is -0.384. The highest BCUT2D eigenvalue weighted by atomic mass is 35.5. The van der Waals surface area contributed by atoms with Gasteiger partial charge in [0.15, 0.2) is 11.0 Å². The lowest BCUT2D eigenvalue weighted by Crippen LogP contribution is -1.98. The van der Waals surface area contributed by atoms with Crippen molar-refractivity contribution in [3.05, 3.63) is 69.4 Å². The molecule has 1 N–H and O–H groups in total. The summed E-state index contributed by atoms with van der Waals surface area (Å²) in [6.07, 6.45) is 1.62. The Kier molecular flexibility index (Phi) is 4.11. The van der Waals surface area contributed by atoms with Crippen LogP contribution in [0.5, 0.6) is 0 Å².